The standard InChI is InChI=1S/C26H29N7O2S/c1-16(2)12-30-36(34,35)25-11-20-19(22-14-28-24(10-21(22)25)17-5-6-17)7-8-23(20)31-26-32-29-15-33(26)18-4-3-9-27-13-18/h3-4,9-11,13-17,23,30H,5-8,12H2,1-2H3,(H,31,32). The molecule has 0 bridgehead atoms. The first-order valence-corrected chi connectivity index (χ1v) is 13.9. The van der Waals surface area contributed by atoms with Crippen molar-refractivity contribution >= 4 is 26.7 Å². The Balaban J connectivity index is 1.43. The molecule has 0 amide bonds. The number of aryl methyl sites for hydroxylation is 1. The van der Waals surface area contributed by atoms with Gasteiger partial charge in [0.05, 0.1) is 22.8 Å². The smallest absolute Gasteiger partial charge is 0.241 e. The van der Waals surface area contributed by atoms with Crippen molar-refractivity contribution in [3.63, 3.8) is 0 Å². The van der Waals surface area contributed by atoms with Crippen LogP contribution in [0.25, 0.3) is 16.5 Å². The van der Waals surface area contributed by atoms with Crippen LogP contribution in [0.5, 0.6) is 0 Å². The Morgan fingerprint density at radius 1 is 1.14 bits per heavy atom. The Morgan fingerprint density at radius 3 is 2.75 bits per heavy atom. The van der Waals surface area contributed by atoms with Crippen LogP contribution in [0.1, 0.15) is 61.9 Å². The predicted octanol–water partition coefficient (Wildman–Crippen LogP) is 4.12. The summed E-state index contributed by atoms with van der Waals surface area (Å²) < 4.78 is 31.7. The molecule has 2 aliphatic carbocycles. The van der Waals surface area contributed by atoms with Gasteiger partial charge < -0.3 is 5.32 Å². The van der Waals surface area contributed by atoms with E-state index in [4.69, 9.17) is 4.98 Å². The Morgan fingerprint density at radius 2 is 2.00 bits per heavy atom. The number of pyridine rings is 2. The largest absolute Gasteiger partial charge is 0.347 e. The van der Waals surface area contributed by atoms with E-state index in [0.717, 1.165) is 59.0 Å². The molecule has 3 aromatic heterocycles. The highest BCUT2D eigenvalue weighted by molar-refractivity contribution is 7.89. The molecule has 10 heteroatoms. The number of hydrogen-bond acceptors (Lipinski definition) is 7. The molecule has 0 radical (unpaired) electrons. The molecule has 6 rings (SSSR count). The van der Waals surface area contributed by atoms with Crippen molar-refractivity contribution < 1.29 is 8.42 Å². The van der Waals surface area contributed by atoms with Gasteiger partial charge in [-0.25, -0.2) is 13.1 Å². The van der Waals surface area contributed by atoms with Crippen LogP contribution in [-0.4, -0.2) is 39.7 Å². The van der Waals surface area contributed by atoms with Crippen LogP contribution in [0.4, 0.5) is 5.95 Å². The summed E-state index contributed by atoms with van der Waals surface area (Å²) in [7, 11) is -3.71. The summed E-state index contributed by atoms with van der Waals surface area (Å²) in [6.45, 7) is 4.38. The number of benzene rings is 1. The molecular formula is C26H29N7O2S. The Kier molecular flexibility index (Phi) is 5.72. The van der Waals surface area contributed by atoms with Crippen LogP contribution in [0.2, 0.25) is 0 Å². The number of aromatic nitrogens is 5. The monoisotopic (exact) mass is 503 g/mol. The van der Waals surface area contributed by atoms with E-state index in [-0.39, 0.29) is 12.0 Å². The highest BCUT2D eigenvalue weighted by Gasteiger charge is 2.32. The number of sulfonamides is 1. The Hall–Kier alpha value is -3.37. The van der Waals surface area contributed by atoms with Crippen molar-refractivity contribution in [2.45, 2.75) is 56.4 Å². The molecule has 1 unspecified atom stereocenters. The summed E-state index contributed by atoms with van der Waals surface area (Å²) in [6.07, 6.45) is 10.9. The summed E-state index contributed by atoms with van der Waals surface area (Å²) in [4.78, 5) is 9.24. The fourth-order valence-electron chi connectivity index (χ4n) is 4.91. The average Bonchev–Trinajstić information content (AvgIpc) is 3.50. The van der Waals surface area contributed by atoms with Gasteiger partial charge in [-0.15, -0.1) is 10.2 Å². The normalized spacial score (nSPS) is 17.6. The quantitative estimate of drug-likeness (QED) is 0.372. The molecule has 0 aliphatic heterocycles. The van der Waals surface area contributed by atoms with Crippen molar-refractivity contribution in [1.82, 2.24) is 29.5 Å². The molecule has 1 atom stereocenters. The summed E-state index contributed by atoms with van der Waals surface area (Å²) in [5.41, 5.74) is 3.95. The number of fused-ring (bicyclic) bond motifs is 3. The number of rotatable bonds is 8. The van der Waals surface area contributed by atoms with Gasteiger partial charge in [-0.2, -0.15) is 0 Å². The van der Waals surface area contributed by atoms with Crippen LogP contribution in [0.15, 0.2) is 54.1 Å². The molecule has 186 valence electrons. The van der Waals surface area contributed by atoms with Gasteiger partial charge in [0.25, 0.3) is 0 Å². The molecule has 1 saturated carbocycles. The molecule has 36 heavy (non-hydrogen) atoms. The zero-order chi connectivity index (χ0) is 24.9. The van der Waals surface area contributed by atoms with E-state index in [0.29, 0.717) is 23.3 Å². The van der Waals surface area contributed by atoms with Crippen LogP contribution in [-0.2, 0) is 16.4 Å². The maximum Gasteiger partial charge on any atom is 0.241 e. The molecule has 9 nitrogen and oxygen atoms in total. The minimum absolute atomic E-state index is 0.105. The molecule has 1 fully saturated rings. The van der Waals surface area contributed by atoms with Crippen LogP contribution >= 0.6 is 0 Å². The van der Waals surface area contributed by atoms with Gasteiger partial charge in [-0.1, -0.05) is 13.8 Å². The molecule has 2 N–H and O–H groups in total. The average molecular weight is 504 g/mol. The van der Waals surface area contributed by atoms with Gasteiger partial charge in [0.15, 0.2) is 0 Å². The van der Waals surface area contributed by atoms with Crippen molar-refractivity contribution in [2.24, 2.45) is 5.92 Å². The summed E-state index contributed by atoms with van der Waals surface area (Å²) >= 11 is 0. The second-order valence-corrected chi connectivity index (χ2v) is 11.8. The summed E-state index contributed by atoms with van der Waals surface area (Å²) in [5.74, 6) is 1.23. The van der Waals surface area contributed by atoms with Gasteiger partial charge in [-0.05, 0) is 67.0 Å². The van der Waals surface area contributed by atoms with Gasteiger partial charge in [0, 0.05) is 41.3 Å². The maximum atomic E-state index is 13.5. The lowest BCUT2D eigenvalue weighted by Crippen LogP contribution is -2.28. The first-order chi connectivity index (χ1) is 17.4. The topological polar surface area (TPSA) is 115 Å². The van der Waals surface area contributed by atoms with Crippen molar-refractivity contribution in [2.75, 3.05) is 11.9 Å². The molecule has 2 aliphatic rings. The van der Waals surface area contributed by atoms with Crippen molar-refractivity contribution in [3.05, 3.63) is 66.0 Å². The van der Waals surface area contributed by atoms with Crippen LogP contribution in [0.3, 0.4) is 0 Å². The lowest BCUT2D eigenvalue weighted by Gasteiger charge is -2.19. The second-order valence-electron chi connectivity index (χ2n) is 10.1. The zero-order valence-electron chi connectivity index (χ0n) is 20.3. The predicted molar refractivity (Wildman–Crippen MR) is 138 cm³/mol. The molecule has 1 aromatic carbocycles. The fraction of sp³-hybridized carbons (Fsp3) is 0.385. The first-order valence-electron chi connectivity index (χ1n) is 12.4. The minimum atomic E-state index is -3.71. The molecule has 0 spiro atoms. The van der Waals surface area contributed by atoms with E-state index in [1.807, 2.05) is 48.9 Å². The number of nitrogens with one attached hydrogen (secondary N) is 2. The van der Waals surface area contributed by atoms with Crippen molar-refractivity contribution in [1.29, 1.82) is 0 Å². The third kappa shape index (κ3) is 4.24. The minimum Gasteiger partial charge on any atom is -0.347 e. The number of anilines is 1. The van der Waals surface area contributed by atoms with Gasteiger partial charge in [0.2, 0.25) is 16.0 Å². The molecular weight excluding hydrogens is 474 g/mol. The third-order valence-corrected chi connectivity index (χ3v) is 8.41. The summed E-state index contributed by atoms with van der Waals surface area (Å²) in [6, 6.07) is 7.54. The van der Waals surface area contributed by atoms with E-state index in [1.54, 1.807) is 18.7 Å². The van der Waals surface area contributed by atoms with E-state index in [9.17, 15) is 8.42 Å². The molecule has 4 aromatic rings. The molecule has 0 saturated heterocycles. The van der Waals surface area contributed by atoms with Crippen LogP contribution < -0.4 is 10.0 Å². The van der Waals surface area contributed by atoms with E-state index in [2.05, 4.69) is 25.2 Å². The zero-order valence-corrected chi connectivity index (χ0v) is 21.2. The lowest BCUT2D eigenvalue weighted by atomic mass is 10.0. The highest BCUT2D eigenvalue weighted by Crippen LogP contribution is 2.44. The molecule has 3 heterocycles. The van der Waals surface area contributed by atoms with Crippen molar-refractivity contribution in [3.8, 4) is 5.69 Å². The second kappa shape index (κ2) is 8.94. The summed E-state index contributed by atoms with van der Waals surface area (Å²) in [5, 5.41) is 13.5. The maximum absolute atomic E-state index is 13.5. The first kappa shape index (κ1) is 23.1. The fourth-order valence-corrected chi connectivity index (χ4v) is 6.36. The van der Waals surface area contributed by atoms with Crippen LogP contribution in [0, 0.1) is 5.92 Å². The van der Waals surface area contributed by atoms with Gasteiger partial charge >= 0.3 is 0 Å². The lowest BCUT2D eigenvalue weighted by molar-refractivity contribution is 0.561. The highest BCUT2D eigenvalue weighted by atomic mass is 32.2. The number of hydrogen-bond donors (Lipinski definition) is 2. The Labute approximate surface area is 210 Å². The van der Waals surface area contributed by atoms with E-state index < -0.39 is 10.0 Å². The van der Waals surface area contributed by atoms with Gasteiger partial charge in [-0.3, -0.25) is 14.5 Å². The van der Waals surface area contributed by atoms with E-state index >= 15 is 0 Å². The van der Waals surface area contributed by atoms with Gasteiger partial charge in [0.1, 0.15) is 6.33 Å². The third-order valence-electron chi connectivity index (χ3n) is 6.95. The SMILES string of the molecule is CC(C)CNS(=O)(=O)c1cc2c(c3cnc(C4CC4)cc13)CCC2Nc1nncn1-c1cccnc1. The van der Waals surface area contributed by atoms with E-state index in [1.165, 1.54) is 0 Å². The number of nitrogens with zero attached hydrogens (tertiary/aromatic N) is 5. The Bertz CT molecular complexity index is 1530.